The lowest BCUT2D eigenvalue weighted by Crippen LogP contribution is -2.73. The lowest BCUT2D eigenvalue weighted by molar-refractivity contribution is -0.273. The third kappa shape index (κ3) is 1.63. The number of Topliss-reactive ketones (excluding diaryl/α,β-unsaturated/α-hetero) is 2. The SMILES string of the molecule is C=C1C(=O)[C@]23CC[C@H]1CC2[C@@]12CCC[C@@](C)(CO[C@H]1CO)C2CC3=O. The molecule has 4 nitrogen and oxygen atoms in total. The molecular weight excluding hydrogens is 316 g/mol. The topological polar surface area (TPSA) is 63.6 Å². The zero-order valence-corrected chi connectivity index (χ0v) is 15.1. The van der Waals surface area contributed by atoms with Crippen molar-refractivity contribution in [2.45, 2.75) is 58.0 Å². The van der Waals surface area contributed by atoms with Crippen molar-refractivity contribution in [2.75, 3.05) is 13.2 Å². The summed E-state index contributed by atoms with van der Waals surface area (Å²) in [4.78, 5) is 26.7. The summed E-state index contributed by atoms with van der Waals surface area (Å²) in [5, 5.41) is 10.2. The van der Waals surface area contributed by atoms with E-state index in [0.29, 0.717) is 25.0 Å². The van der Waals surface area contributed by atoms with Crippen LogP contribution in [0.4, 0.5) is 0 Å². The number of hydrogen-bond acceptors (Lipinski definition) is 4. The molecule has 5 saturated carbocycles. The van der Waals surface area contributed by atoms with Gasteiger partial charge in [-0.05, 0) is 60.8 Å². The molecule has 1 heterocycles. The predicted octanol–water partition coefficient (Wildman–Crippen LogP) is 2.68. The summed E-state index contributed by atoms with van der Waals surface area (Å²) in [6, 6.07) is 0. The van der Waals surface area contributed by atoms with Gasteiger partial charge in [-0.25, -0.2) is 0 Å². The minimum absolute atomic E-state index is 0.00205. The Morgan fingerprint density at radius 1 is 1.24 bits per heavy atom. The first-order valence-corrected chi connectivity index (χ1v) is 9.89. The van der Waals surface area contributed by atoms with Crippen LogP contribution in [0, 0.1) is 34.0 Å². The molecule has 25 heavy (non-hydrogen) atoms. The average Bonchev–Trinajstić information content (AvgIpc) is 2.60. The molecule has 6 rings (SSSR count). The van der Waals surface area contributed by atoms with Crippen molar-refractivity contribution in [1.82, 2.24) is 0 Å². The maximum Gasteiger partial charge on any atom is 0.172 e. The molecule has 5 aliphatic carbocycles. The van der Waals surface area contributed by atoms with Gasteiger partial charge in [0.15, 0.2) is 5.78 Å². The van der Waals surface area contributed by atoms with E-state index >= 15 is 0 Å². The Morgan fingerprint density at radius 2 is 2.04 bits per heavy atom. The van der Waals surface area contributed by atoms with Gasteiger partial charge < -0.3 is 9.84 Å². The lowest BCUT2D eigenvalue weighted by Gasteiger charge is -2.70. The monoisotopic (exact) mass is 344 g/mol. The van der Waals surface area contributed by atoms with Crippen LogP contribution in [0.1, 0.15) is 51.9 Å². The van der Waals surface area contributed by atoms with E-state index in [4.69, 9.17) is 4.74 Å². The van der Waals surface area contributed by atoms with Crippen molar-refractivity contribution in [3.63, 3.8) is 0 Å². The van der Waals surface area contributed by atoms with Crippen molar-refractivity contribution in [2.24, 2.45) is 34.0 Å². The number of carbonyl (C=O) groups is 2. The summed E-state index contributed by atoms with van der Waals surface area (Å²) in [5.74, 6) is 0.666. The highest BCUT2D eigenvalue weighted by molar-refractivity contribution is 6.16. The molecule has 136 valence electrons. The third-order valence-corrected chi connectivity index (χ3v) is 8.95. The first-order chi connectivity index (χ1) is 11.9. The highest BCUT2D eigenvalue weighted by Crippen LogP contribution is 2.72. The van der Waals surface area contributed by atoms with Crippen molar-refractivity contribution in [3.05, 3.63) is 12.2 Å². The summed E-state index contributed by atoms with van der Waals surface area (Å²) >= 11 is 0. The fourth-order valence-corrected chi connectivity index (χ4v) is 7.85. The number of allylic oxidation sites excluding steroid dienone is 1. The quantitative estimate of drug-likeness (QED) is 0.587. The zero-order valence-electron chi connectivity index (χ0n) is 15.1. The van der Waals surface area contributed by atoms with Gasteiger partial charge in [0.05, 0.1) is 24.7 Å². The van der Waals surface area contributed by atoms with Gasteiger partial charge in [0.1, 0.15) is 5.78 Å². The number of ether oxygens (including phenoxy) is 1. The summed E-state index contributed by atoms with van der Waals surface area (Å²) in [6.07, 6.45) is 5.88. The van der Waals surface area contributed by atoms with E-state index in [1.165, 1.54) is 0 Å². The molecule has 1 saturated heterocycles. The van der Waals surface area contributed by atoms with Gasteiger partial charge in [-0.1, -0.05) is 19.9 Å². The number of ketones is 2. The van der Waals surface area contributed by atoms with Gasteiger partial charge >= 0.3 is 0 Å². The van der Waals surface area contributed by atoms with Gasteiger partial charge in [0.2, 0.25) is 0 Å². The Bertz CT molecular complexity index is 683. The number of aliphatic hydroxyl groups is 1. The van der Waals surface area contributed by atoms with Gasteiger partial charge in [0, 0.05) is 11.8 Å². The highest BCUT2D eigenvalue weighted by Gasteiger charge is 2.74. The van der Waals surface area contributed by atoms with Crippen molar-refractivity contribution >= 4 is 11.6 Å². The summed E-state index contributed by atoms with van der Waals surface area (Å²) in [6.45, 7) is 6.93. The van der Waals surface area contributed by atoms with E-state index < -0.39 is 5.41 Å². The van der Waals surface area contributed by atoms with Crippen molar-refractivity contribution < 1.29 is 19.4 Å². The van der Waals surface area contributed by atoms with Crippen LogP contribution in [0.5, 0.6) is 0 Å². The molecule has 0 amide bonds. The Labute approximate surface area is 149 Å². The maximum absolute atomic E-state index is 13.4. The van der Waals surface area contributed by atoms with Gasteiger partial charge in [-0.2, -0.15) is 0 Å². The zero-order chi connectivity index (χ0) is 17.6. The van der Waals surface area contributed by atoms with E-state index in [0.717, 1.165) is 32.1 Å². The molecule has 0 aromatic rings. The first-order valence-electron chi connectivity index (χ1n) is 9.89. The van der Waals surface area contributed by atoms with Gasteiger partial charge in [-0.3, -0.25) is 9.59 Å². The number of rotatable bonds is 1. The van der Waals surface area contributed by atoms with Crippen LogP contribution in [0.25, 0.3) is 0 Å². The molecule has 1 N–H and O–H groups in total. The fraction of sp³-hybridized carbons (Fsp3) is 0.810. The minimum atomic E-state index is -0.866. The van der Waals surface area contributed by atoms with Crippen LogP contribution in [0.15, 0.2) is 12.2 Å². The molecular formula is C21H28O4. The maximum atomic E-state index is 13.4. The largest absolute Gasteiger partial charge is 0.394 e. The standard InChI is InChI=1S/C21H28O4/c1-12-13-4-7-21(18(12)24)15(8-13)20-6-3-5-19(2,11-25-17(20)10-22)14(20)9-16(21)23/h13-15,17,22H,1,3-11H2,2H3/t13-,14?,15?,17-,19-,20-,21+/m0/s1. The lowest BCUT2D eigenvalue weighted by atomic mass is 9.34. The molecule has 4 bridgehead atoms. The molecule has 0 radical (unpaired) electrons. The minimum Gasteiger partial charge on any atom is -0.394 e. The summed E-state index contributed by atoms with van der Waals surface area (Å²) in [5.41, 5.74) is -0.406. The summed E-state index contributed by atoms with van der Waals surface area (Å²) < 4.78 is 6.21. The van der Waals surface area contributed by atoms with E-state index in [1.807, 2.05) is 0 Å². The second-order valence-electron chi connectivity index (χ2n) is 9.63. The fourth-order valence-electron chi connectivity index (χ4n) is 7.85. The van der Waals surface area contributed by atoms with Crippen LogP contribution in [0.3, 0.4) is 0 Å². The van der Waals surface area contributed by atoms with E-state index in [-0.39, 0.29) is 52.9 Å². The highest BCUT2D eigenvalue weighted by atomic mass is 16.5. The smallest absolute Gasteiger partial charge is 0.172 e. The Balaban J connectivity index is 1.72. The number of hydrogen-bond donors (Lipinski definition) is 1. The molecule has 6 fully saturated rings. The van der Waals surface area contributed by atoms with E-state index in [2.05, 4.69) is 13.5 Å². The van der Waals surface area contributed by atoms with E-state index in [9.17, 15) is 14.7 Å². The number of carbonyl (C=O) groups excluding carboxylic acids is 2. The van der Waals surface area contributed by atoms with Crippen LogP contribution in [-0.4, -0.2) is 36.0 Å². The summed E-state index contributed by atoms with van der Waals surface area (Å²) in [7, 11) is 0. The molecule has 7 atom stereocenters. The van der Waals surface area contributed by atoms with Gasteiger partial charge in [0.25, 0.3) is 0 Å². The molecule has 0 aromatic heterocycles. The average molecular weight is 344 g/mol. The molecule has 0 aromatic carbocycles. The van der Waals surface area contributed by atoms with Crippen LogP contribution in [0.2, 0.25) is 0 Å². The number of fused-ring (bicyclic) bond motifs is 2. The van der Waals surface area contributed by atoms with Crippen molar-refractivity contribution in [3.8, 4) is 0 Å². The second kappa shape index (κ2) is 4.83. The molecule has 1 spiro atoms. The van der Waals surface area contributed by atoms with Crippen LogP contribution < -0.4 is 0 Å². The Kier molecular flexibility index (Phi) is 3.13. The first kappa shape index (κ1) is 16.2. The Morgan fingerprint density at radius 3 is 2.80 bits per heavy atom. The van der Waals surface area contributed by atoms with E-state index in [1.54, 1.807) is 0 Å². The Hall–Kier alpha value is -1.00. The molecule has 2 unspecified atom stereocenters. The normalized spacial score (nSPS) is 54.2. The molecule has 1 aliphatic heterocycles. The third-order valence-electron chi connectivity index (χ3n) is 8.95. The van der Waals surface area contributed by atoms with Crippen LogP contribution in [-0.2, 0) is 14.3 Å². The molecule has 6 aliphatic rings. The predicted molar refractivity (Wildman–Crippen MR) is 91.7 cm³/mol. The van der Waals surface area contributed by atoms with Crippen LogP contribution >= 0.6 is 0 Å². The van der Waals surface area contributed by atoms with Gasteiger partial charge in [-0.15, -0.1) is 0 Å². The second-order valence-corrected chi connectivity index (χ2v) is 9.63. The number of aliphatic hydroxyl groups excluding tert-OH is 1. The van der Waals surface area contributed by atoms with Crippen molar-refractivity contribution in [1.29, 1.82) is 0 Å². The molecule has 4 heteroatoms.